The van der Waals surface area contributed by atoms with Crippen molar-refractivity contribution in [3.63, 3.8) is 0 Å². The highest BCUT2D eigenvalue weighted by Gasteiger charge is 2.35. The lowest BCUT2D eigenvalue weighted by atomic mass is 10.0. The van der Waals surface area contributed by atoms with E-state index in [1.54, 1.807) is 0 Å². The molecule has 0 bridgehead atoms. The average Bonchev–Trinajstić information content (AvgIpc) is 2.86. The Labute approximate surface area is 111 Å². The number of quaternary nitrogens is 1. The van der Waals surface area contributed by atoms with Crippen molar-refractivity contribution in [2.75, 3.05) is 26.4 Å². The van der Waals surface area contributed by atoms with Gasteiger partial charge in [-0.2, -0.15) is 5.10 Å². The van der Waals surface area contributed by atoms with Gasteiger partial charge >= 0.3 is 0 Å². The van der Waals surface area contributed by atoms with E-state index in [-0.39, 0.29) is 6.10 Å². The Morgan fingerprint density at radius 3 is 3.11 bits per heavy atom. The van der Waals surface area contributed by atoms with Crippen molar-refractivity contribution in [1.82, 2.24) is 9.78 Å². The first-order valence-electron chi connectivity index (χ1n) is 6.91. The molecular weight excluding hydrogens is 242 g/mol. The fourth-order valence-electron chi connectivity index (χ4n) is 3.11. The number of nitrogens with zero attached hydrogens (tertiary/aromatic N) is 2. The fourth-order valence-corrected chi connectivity index (χ4v) is 3.11. The number of nitrogens with two attached hydrogens (primary N) is 1. The van der Waals surface area contributed by atoms with Crippen LogP contribution < -0.4 is 5.32 Å². The Kier molecular flexibility index (Phi) is 2.76. The van der Waals surface area contributed by atoms with Crippen LogP contribution in [0.15, 0.2) is 24.3 Å². The van der Waals surface area contributed by atoms with E-state index in [9.17, 15) is 0 Å². The normalized spacial score (nSPS) is 27.4. The third-order valence-corrected chi connectivity index (χ3v) is 3.99. The second kappa shape index (κ2) is 4.59. The Balaban J connectivity index is 1.80. The Morgan fingerprint density at radius 2 is 2.21 bits per heavy atom. The van der Waals surface area contributed by atoms with Crippen LogP contribution in [0.25, 0.3) is 10.9 Å². The second-order valence-electron chi connectivity index (χ2n) is 5.18. The van der Waals surface area contributed by atoms with Crippen LogP contribution in [0, 0.1) is 0 Å². The van der Waals surface area contributed by atoms with E-state index >= 15 is 0 Å². The molecule has 1 saturated heterocycles. The van der Waals surface area contributed by atoms with Crippen LogP contribution in [-0.4, -0.2) is 42.2 Å². The Bertz CT molecular complexity index is 589. The zero-order chi connectivity index (χ0) is 12.7. The van der Waals surface area contributed by atoms with Crippen LogP contribution >= 0.6 is 0 Å². The lowest BCUT2D eigenvalue weighted by molar-refractivity contribution is -0.713. The minimum absolute atomic E-state index is 0.0847. The van der Waals surface area contributed by atoms with Crippen LogP contribution in [-0.2, 0) is 16.0 Å². The number of hydrogen-bond acceptors (Lipinski definition) is 3. The van der Waals surface area contributed by atoms with Crippen molar-refractivity contribution in [1.29, 1.82) is 0 Å². The highest BCUT2D eigenvalue weighted by molar-refractivity contribution is 5.82. The molecule has 1 fully saturated rings. The molecule has 2 aliphatic rings. The predicted molar refractivity (Wildman–Crippen MR) is 69.8 cm³/mol. The molecule has 4 rings (SSSR count). The van der Waals surface area contributed by atoms with Gasteiger partial charge in [0.25, 0.3) is 0 Å². The molecule has 0 radical (unpaired) electrons. The summed E-state index contributed by atoms with van der Waals surface area (Å²) in [6.07, 6.45) is 0.0847. The molecule has 5 nitrogen and oxygen atoms in total. The zero-order valence-electron chi connectivity index (χ0n) is 10.8. The molecule has 1 aromatic heterocycles. The Hall–Kier alpha value is -1.43. The molecule has 100 valence electrons. The lowest BCUT2D eigenvalue weighted by Crippen LogP contribution is -2.95. The van der Waals surface area contributed by atoms with Crippen molar-refractivity contribution in [3.05, 3.63) is 30.0 Å². The predicted octanol–water partition coefficient (Wildman–Crippen LogP) is 0.0698. The largest absolute Gasteiger partial charge is 0.369 e. The number of rotatable bonds is 1. The van der Waals surface area contributed by atoms with E-state index in [1.807, 2.05) is 6.07 Å². The summed E-state index contributed by atoms with van der Waals surface area (Å²) in [5.41, 5.74) is 2.28. The summed E-state index contributed by atoms with van der Waals surface area (Å²) in [4.78, 5) is 0. The van der Waals surface area contributed by atoms with E-state index in [1.165, 1.54) is 11.1 Å². The maximum Gasteiger partial charge on any atom is 0.153 e. The molecule has 2 N–H and O–H groups in total. The minimum Gasteiger partial charge on any atom is -0.369 e. The van der Waals surface area contributed by atoms with E-state index in [0.29, 0.717) is 6.04 Å². The number of ether oxygens (including phenoxy) is 2. The highest BCUT2D eigenvalue weighted by atomic mass is 16.5. The van der Waals surface area contributed by atoms with E-state index < -0.39 is 0 Å². The summed E-state index contributed by atoms with van der Waals surface area (Å²) in [5, 5.41) is 8.23. The number of fused-ring (bicyclic) bond motifs is 3. The maximum absolute atomic E-state index is 6.04. The molecule has 2 aromatic rings. The molecule has 2 atom stereocenters. The van der Waals surface area contributed by atoms with Crippen molar-refractivity contribution >= 4 is 10.9 Å². The standard InChI is InChI=1S/C14H17N3O2/c1-2-4-11-10(3-1)13-14(12-9-18-7-5-15-12)19-8-6-17(13)16-11/h1-4,12,14-15H,5-9H2/p+1/t12-,14?/m0/s1. The van der Waals surface area contributed by atoms with Gasteiger partial charge in [-0.3, -0.25) is 4.68 Å². The summed E-state index contributed by atoms with van der Waals surface area (Å²) in [7, 11) is 0. The summed E-state index contributed by atoms with van der Waals surface area (Å²) >= 11 is 0. The first-order valence-corrected chi connectivity index (χ1v) is 6.91. The molecule has 0 saturated carbocycles. The molecule has 3 heterocycles. The molecule has 0 amide bonds. The van der Waals surface area contributed by atoms with Gasteiger partial charge in [-0.1, -0.05) is 18.2 Å². The van der Waals surface area contributed by atoms with Crippen LogP contribution in [0.2, 0.25) is 0 Å². The molecule has 19 heavy (non-hydrogen) atoms. The first-order chi connectivity index (χ1) is 9.43. The van der Waals surface area contributed by atoms with Crippen LogP contribution in [0.1, 0.15) is 11.8 Å². The van der Waals surface area contributed by atoms with Crippen molar-refractivity contribution in [2.45, 2.75) is 18.7 Å². The molecule has 1 aromatic carbocycles. The van der Waals surface area contributed by atoms with Crippen molar-refractivity contribution in [2.24, 2.45) is 0 Å². The summed E-state index contributed by atoms with van der Waals surface area (Å²) in [5.74, 6) is 0. The summed E-state index contributed by atoms with van der Waals surface area (Å²) in [6, 6.07) is 8.65. The van der Waals surface area contributed by atoms with E-state index in [0.717, 1.165) is 38.4 Å². The van der Waals surface area contributed by atoms with Crippen LogP contribution in [0.3, 0.4) is 0 Å². The molecule has 1 unspecified atom stereocenters. The number of morpholine rings is 1. The third-order valence-electron chi connectivity index (χ3n) is 3.99. The number of benzene rings is 1. The minimum atomic E-state index is 0.0847. The number of aromatic nitrogens is 2. The molecule has 0 spiro atoms. The molecule has 5 heteroatoms. The van der Waals surface area contributed by atoms with Crippen LogP contribution in [0.4, 0.5) is 0 Å². The number of hydrogen-bond donors (Lipinski definition) is 1. The summed E-state index contributed by atoms with van der Waals surface area (Å²) < 4.78 is 13.7. The smallest absolute Gasteiger partial charge is 0.153 e. The average molecular weight is 260 g/mol. The van der Waals surface area contributed by atoms with Gasteiger partial charge in [-0.05, 0) is 6.07 Å². The monoisotopic (exact) mass is 260 g/mol. The second-order valence-corrected chi connectivity index (χ2v) is 5.18. The van der Waals surface area contributed by atoms with Gasteiger partial charge in [0.2, 0.25) is 0 Å². The summed E-state index contributed by atoms with van der Waals surface area (Å²) in [6.45, 7) is 4.17. The topological polar surface area (TPSA) is 52.9 Å². The maximum atomic E-state index is 6.04. The Morgan fingerprint density at radius 1 is 1.26 bits per heavy atom. The van der Waals surface area contributed by atoms with E-state index in [4.69, 9.17) is 9.47 Å². The van der Waals surface area contributed by atoms with Gasteiger partial charge in [0, 0.05) is 5.39 Å². The van der Waals surface area contributed by atoms with Crippen LogP contribution in [0.5, 0.6) is 0 Å². The van der Waals surface area contributed by atoms with E-state index in [2.05, 4.69) is 33.3 Å². The molecule has 2 aliphatic heterocycles. The van der Waals surface area contributed by atoms with Gasteiger partial charge in [-0.15, -0.1) is 0 Å². The van der Waals surface area contributed by atoms with Gasteiger partial charge in [0.15, 0.2) is 6.10 Å². The van der Waals surface area contributed by atoms with Gasteiger partial charge in [0.1, 0.15) is 12.6 Å². The van der Waals surface area contributed by atoms with Gasteiger partial charge in [-0.25, -0.2) is 0 Å². The quantitative estimate of drug-likeness (QED) is 0.789. The third kappa shape index (κ3) is 1.85. The van der Waals surface area contributed by atoms with Crippen molar-refractivity contribution < 1.29 is 14.8 Å². The molecular formula is C14H18N3O2+. The lowest BCUT2D eigenvalue weighted by Gasteiger charge is -2.31. The van der Waals surface area contributed by atoms with Gasteiger partial charge in [0.05, 0.1) is 37.5 Å². The fraction of sp³-hybridized carbons (Fsp3) is 0.500. The SMILES string of the molecule is c1ccc2c3n(nc2c1)CCOC3[C@@H]1COCC[NH2+]1. The zero-order valence-corrected chi connectivity index (χ0v) is 10.8. The first kappa shape index (κ1) is 11.4. The van der Waals surface area contributed by atoms with Gasteiger partial charge < -0.3 is 14.8 Å². The molecule has 0 aliphatic carbocycles. The highest BCUT2D eigenvalue weighted by Crippen LogP contribution is 2.31. The van der Waals surface area contributed by atoms with Crippen molar-refractivity contribution in [3.8, 4) is 0 Å².